The minimum Gasteiger partial charge on any atom is -0.357 e. The first kappa shape index (κ1) is 21.7. The van der Waals surface area contributed by atoms with Crippen molar-refractivity contribution in [3.8, 4) is 0 Å². The van der Waals surface area contributed by atoms with Crippen LogP contribution in [-0.2, 0) is 4.79 Å². The lowest BCUT2D eigenvalue weighted by Crippen LogP contribution is -2.45. The summed E-state index contributed by atoms with van der Waals surface area (Å²) in [6, 6.07) is 1.38. The molecular formula is C19H39N5O. The largest absolute Gasteiger partial charge is 0.357 e. The van der Waals surface area contributed by atoms with Crippen molar-refractivity contribution in [3.05, 3.63) is 0 Å². The average molecular weight is 354 g/mol. The van der Waals surface area contributed by atoms with E-state index in [-0.39, 0.29) is 12.5 Å². The number of nitrogens with zero attached hydrogens (tertiary/aromatic N) is 2. The Kier molecular flexibility index (Phi) is 10.5. The third-order valence-corrected chi connectivity index (χ3v) is 4.68. The number of aliphatic imine (C=N–C) groups is 1. The van der Waals surface area contributed by atoms with Crippen molar-refractivity contribution in [1.29, 1.82) is 0 Å². The molecule has 0 saturated heterocycles. The number of rotatable bonds is 9. The number of amides is 1. The van der Waals surface area contributed by atoms with Gasteiger partial charge in [-0.15, -0.1) is 0 Å². The van der Waals surface area contributed by atoms with Gasteiger partial charge in [0.25, 0.3) is 0 Å². The number of nitrogens with one attached hydrogen (secondary N) is 3. The van der Waals surface area contributed by atoms with Crippen LogP contribution in [0, 0.1) is 0 Å². The average Bonchev–Trinajstić information content (AvgIpc) is 2.56. The molecule has 6 nitrogen and oxygen atoms in total. The highest BCUT2D eigenvalue weighted by molar-refractivity contribution is 5.85. The zero-order chi connectivity index (χ0) is 18.7. The summed E-state index contributed by atoms with van der Waals surface area (Å²) in [4.78, 5) is 19.0. The molecule has 3 N–H and O–H groups in total. The van der Waals surface area contributed by atoms with E-state index in [1.807, 2.05) is 6.92 Å². The predicted octanol–water partition coefficient (Wildman–Crippen LogP) is 2.11. The van der Waals surface area contributed by atoms with Crippen molar-refractivity contribution >= 4 is 11.9 Å². The van der Waals surface area contributed by atoms with Gasteiger partial charge in [-0.3, -0.25) is 9.69 Å². The molecule has 0 aromatic carbocycles. The first-order valence-corrected chi connectivity index (χ1v) is 10.0. The molecule has 1 amide bonds. The standard InChI is InChI=1S/C19H39N5O/c1-6-20-19(21-12-13-24(15(2)3)16(4)5)22-14-18(25)23-17-10-8-7-9-11-17/h15-17H,6-14H2,1-5H3,(H,23,25)(H2,20,21,22). The topological polar surface area (TPSA) is 68.8 Å². The molecule has 0 radical (unpaired) electrons. The fourth-order valence-electron chi connectivity index (χ4n) is 3.43. The first-order valence-electron chi connectivity index (χ1n) is 10.0. The molecule has 0 heterocycles. The summed E-state index contributed by atoms with van der Waals surface area (Å²) >= 11 is 0. The fraction of sp³-hybridized carbons (Fsp3) is 0.895. The molecule has 1 aliphatic rings. The van der Waals surface area contributed by atoms with E-state index in [0.29, 0.717) is 24.1 Å². The molecule has 0 unspecified atom stereocenters. The zero-order valence-electron chi connectivity index (χ0n) is 16.9. The molecule has 1 rings (SSSR count). The lowest BCUT2D eigenvalue weighted by Gasteiger charge is -2.30. The molecule has 25 heavy (non-hydrogen) atoms. The van der Waals surface area contributed by atoms with Gasteiger partial charge < -0.3 is 16.0 Å². The summed E-state index contributed by atoms with van der Waals surface area (Å²) in [7, 11) is 0. The zero-order valence-corrected chi connectivity index (χ0v) is 16.9. The Morgan fingerprint density at radius 3 is 2.28 bits per heavy atom. The molecule has 0 spiro atoms. The maximum absolute atomic E-state index is 12.1. The van der Waals surface area contributed by atoms with Crippen molar-refractivity contribution in [2.75, 3.05) is 26.2 Å². The van der Waals surface area contributed by atoms with E-state index in [0.717, 1.165) is 32.5 Å². The van der Waals surface area contributed by atoms with Gasteiger partial charge in [-0.05, 0) is 47.5 Å². The summed E-state index contributed by atoms with van der Waals surface area (Å²) in [6.45, 7) is 13.6. The van der Waals surface area contributed by atoms with Gasteiger partial charge in [-0.25, -0.2) is 4.99 Å². The number of guanidine groups is 1. The molecule has 1 fully saturated rings. The second kappa shape index (κ2) is 12.1. The molecule has 0 aromatic heterocycles. The van der Waals surface area contributed by atoms with E-state index in [1.165, 1.54) is 19.3 Å². The van der Waals surface area contributed by atoms with Crippen LogP contribution >= 0.6 is 0 Å². The van der Waals surface area contributed by atoms with Crippen molar-refractivity contribution in [3.63, 3.8) is 0 Å². The Balaban J connectivity index is 2.40. The highest BCUT2D eigenvalue weighted by Crippen LogP contribution is 2.17. The predicted molar refractivity (Wildman–Crippen MR) is 106 cm³/mol. The second-order valence-corrected chi connectivity index (χ2v) is 7.45. The highest BCUT2D eigenvalue weighted by Gasteiger charge is 2.15. The number of hydrogen-bond acceptors (Lipinski definition) is 3. The van der Waals surface area contributed by atoms with Gasteiger partial charge in [0.2, 0.25) is 5.91 Å². The lowest BCUT2D eigenvalue weighted by molar-refractivity contribution is -0.120. The van der Waals surface area contributed by atoms with Crippen molar-refractivity contribution in [1.82, 2.24) is 20.9 Å². The number of carbonyl (C=O) groups excluding carboxylic acids is 1. The van der Waals surface area contributed by atoms with Gasteiger partial charge in [0.15, 0.2) is 5.96 Å². The monoisotopic (exact) mass is 353 g/mol. The van der Waals surface area contributed by atoms with Crippen molar-refractivity contribution < 1.29 is 4.79 Å². The molecule has 0 bridgehead atoms. The van der Waals surface area contributed by atoms with Crippen LogP contribution in [-0.4, -0.2) is 61.1 Å². The third kappa shape index (κ3) is 9.10. The first-order chi connectivity index (χ1) is 11.9. The SMILES string of the molecule is CCNC(=NCC(=O)NC1CCCCC1)NCCN(C(C)C)C(C)C. The third-order valence-electron chi connectivity index (χ3n) is 4.68. The molecule has 0 aliphatic heterocycles. The second-order valence-electron chi connectivity index (χ2n) is 7.45. The Hall–Kier alpha value is -1.30. The Morgan fingerprint density at radius 1 is 1.08 bits per heavy atom. The minimum atomic E-state index is 0.0232. The van der Waals surface area contributed by atoms with Crippen LogP contribution in [0.15, 0.2) is 4.99 Å². The van der Waals surface area contributed by atoms with Crippen LogP contribution in [0.25, 0.3) is 0 Å². The van der Waals surface area contributed by atoms with Crippen LogP contribution in [0.1, 0.15) is 66.7 Å². The van der Waals surface area contributed by atoms with Crippen LogP contribution in [0.4, 0.5) is 0 Å². The van der Waals surface area contributed by atoms with Gasteiger partial charge >= 0.3 is 0 Å². The lowest BCUT2D eigenvalue weighted by atomic mass is 9.95. The van der Waals surface area contributed by atoms with Crippen LogP contribution in [0.2, 0.25) is 0 Å². The van der Waals surface area contributed by atoms with E-state index >= 15 is 0 Å². The number of hydrogen-bond donors (Lipinski definition) is 3. The van der Waals surface area contributed by atoms with Gasteiger partial charge in [0, 0.05) is 37.8 Å². The molecular weight excluding hydrogens is 314 g/mol. The van der Waals surface area contributed by atoms with Gasteiger partial charge in [-0.2, -0.15) is 0 Å². The van der Waals surface area contributed by atoms with Crippen molar-refractivity contribution in [2.24, 2.45) is 4.99 Å². The highest BCUT2D eigenvalue weighted by atomic mass is 16.1. The molecule has 0 atom stereocenters. The molecule has 0 aromatic rings. The van der Waals surface area contributed by atoms with Gasteiger partial charge in [0.1, 0.15) is 6.54 Å². The molecule has 1 aliphatic carbocycles. The molecule has 1 saturated carbocycles. The maximum Gasteiger partial charge on any atom is 0.242 e. The van der Waals surface area contributed by atoms with Crippen LogP contribution in [0.3, 0.4) is 0 Å². The van der Waals surface area contributed by atoms with Gasteiger partial charge in [-0.1, -0.05) is 19.3 Å². The summed E-state index contributed by atoms with van der Waals surface area (Å²) in [6.07, 6.45) is 5.95. The van der Waals surface area contributed by atoms with Crippen LogP contribution < -0.4 is 16.0 Å². The number of carbonyl (C=O) groups is 1. The van der Waals surface area contributed by atoms with Crippen LogP contribution in [0.5, 0.6) is 0 Å². The summed E-state index contributed by atoms with van der Waals surface area (Å²) < 4.78 is 0. The van der Waals surface area contributed by atoms with E-state index in [1.54, 1.807) is 0 Å². The molecule has 146 valence electrons. The fourth-order valence-corrected chi connectivity index (χ4v) is 3.43. The van der Waals surface area contributed by atoms with E-state index < -0.39 is 0 Å². The normalized spacial score (nSPS) is 16.6. The summed E-state index contributed by atoms with van der Waals surface area (Å²) in [5, 5.41) is 9.66. The Labute approximate surface area is 154 Å². The smallest absolute Gasteiger partial charge is 0.242 e. The quantitative estimate of drug-likeness (QED) is 0.439. The van der Waals surface area contributed by atoms with Gasteiger partial charge in [0.05, 0.1) is 0 Å². The van der Waals surface area contributed by atoms with E-state index in [2.05, 4.69) is 53.5 Å². The minimum absolute atomic E-state index is 0.0232. The Morgan fingerprint density at radius 2 is 1.72 bits per heavy atom. The summed E-state index contributed by atoms with van der Waals surface area (Å²) in [5.74, 6) is 0.740. The Bertz CT molecular complexity index is 395. The molecule has 6 heteroatoms. The van der Waals surface area contributed by atoms with E-state index in [9.17, 15) is 4.79 Å². The summed E-state index contributed by atoms with van der Waals surface area (Å²) in [5.41, 5.74) is 0. The van der Waals surface area contributed by atoms with Crippen molar-refractivity contribution in [2.45, 2.75) is 84.8 Å². The van der Waals surface area contributed by atoms with E-state index in [4.69, 9.17) is 0 Å². The maximum atomic E-state index is 12.1.